The highest BCUT2D eigenvalue weighted by Gasteiger charge is 2.40. The van der Waals surface area contributed by atoms with Crippen molar-refractivity contribution in [1.82, 2.24) is 10.2 Å². The molecule has 2 fully saturated rings. The lowest BCUT2D eigenvalue weighted by Gasteiger charge is -2.48. The third-order valence-corrected chi connectivity index (χ3v) is 5.29. The van der Waals surface area contributed by atoms with E-state index < -0.39 is 0 Å². The number of piperidine rings is 1. The number of benzene rings is 1. The van der Waals surface area contributed by atoms with E-state index in [9.17, 15) is 4.79 Å². The van der Waals surface area contributed by atoms with E-state index in [0.717, 1.165) is 44.6 Å². The van der Waals surface area contributed by atoms with Gasteiger partial charge in [-0.3, -0.25) is 4.79 Å². The molecule has 1 spiro atoms. The molecule has 2 aliphatic rings. The number of carbonyl (C=O) groups is 1. The zero-order valence-corrected chi connectivity index (χ0v) is 14.5. The van der Waals surface area contributed by atoms with Gasteiger partial charge in [-0.05, 0) is 47.9 Å². The number of nitriles is 1. The Balaban J connectivity index is 1.57. The van der Waals surface area contributed by atoms with Crippen LogP contribution >= 0.6 is 0 Å². The van der Waals surface area contributed by atoms with Crippen LogP contribution < -0.4 is 10.1 Å². The van der Waals surface area contributed by atoms with Gasteiger partial charge in [0.15, 0.2) is 6.61 Å². The molecule has 5 nitrogen and oxygen atoms in total. The Morgan fingerprint density at radius 1 is 1.38 bits per heavy atom. The van der Waals surface area contributed by atoms with Crippen LogP contribution in [0.1, 0.15) is 43.7 Å². The summed E-state index contributed by atoms with van der Waals surface area (Å²) in [7, 11) is 0. The molecule has 128 valence electrons. The summed E-state index contributed by atoms with van der Waals surface area (Å²) in [4.78, 5) is 14.3. The summed E-state index contributed by atoms with van der Waals surface area (Å²) < 4.78 is 5.79. The van der Waals surface area contributed by atoms with Gasteiger partial charge in [0.25, 0.3) is 5.91 Å². The van der Waals surface area contributed by atoms with E-state index in [0.29, 0.717) is 16.7 Å². The molecule has 2 aliphatic heterocycles. The van der Waals surface area contributed by atoms with Crippen LogP contribution in [0, 0.1) is 16.7 Å². The molecule has 1 N–H and O–H groups in total. The molecule has 1 amide bonds. The van der Waals surface area contributed by atoms with Gasteiger partial charge in [-0.2, -0.15) is 5.26 Å². The van der Waals surface area contributed by atoms with Gasteiger partial charge in [0.1, 0.15) is 5.75 Å². The fourth-order valence-electron chi connectivity index (χ4n) is 3.49. The minimum absolute atomic E-state index is 0.0520. The highest BCUT2D eigenvalue weighted by Crippen LogP contribution is 2.35. The summed E-state index contributed by atoms with van der Waals surface area (Å²) in [5.41, 5.74) is 2.03. The summed E-state index contributed by atoms with van der Waals surface area (Å²) in [6.07, 6.45) is 2.17. The molecule has 3 rings (SSSR count). The Bertz CT molecular complexity index is 649. The van der Waals surface area contributed by atoms with Gasteiger partial charge in [0, 0.05) is 26.2 Å². The molecule has 0 aromatic heterocycles. The lowest BCUT2D eigenvalue weighted by molar-refractivity contribution is -0.136. The monoisotopic (exact) mass is 327 g/mol. The van der Waals surface area contributed by atoms with Crippen molar-refractivity contribution in [2.45, 2.75) is 32.6 Å². The Morgan fingerprint density at radius 3 is 2.62 bits per heavy atom. The van der Waals surface area contributed by atoms with Crippen LogP contribution in [0.4, 0.5) is 0 Å². The summed E-state index contributed by atoms with van der Waals surface area (Å²) in [5, 5.41) is 12.4. The minimum Gasteiger partial charge on any atom is -0.483 e. The van der Waals surface area contributed by atoms with Gasteiger partial charge in [-0.15, -0.1) is 0 Å². The van der Waals surface area contributed by atoms with Gasteiger partial charge in [-0.1, -0.05) is 13.8 Å². The summed E-state index contributed by atoms with van der Waals surface area (Å²) in [6.45, 7) is 8.02. The Labute approximate surface area is 143 Å². The number of nitrogens with one attached hydrogen (secondary N) is 1. The zero-order chi connectivity index (χ0) is 17.2. The first-order valence-corrected chi connectivity index (χ1v) is 8.68. The van der Waals surface area contributed by atoms with E-state index in [-0.39, 0.29) is 18.4 Å². The first-order valence-electron chi connectivity index (χ1n) is 8.68. The maximum absolute atomic E-state index is 12.4. The molecule has 0 saturated carbocycles. The highest BCUT2D eigenvalue weighted by atomic mass is 16.5. The third kappa shape index (κ3) is 3.39. The number of carbonyl (C=O) groups excluding carboxylic acids is 1. The van der Waals surface area contributed by atoms with E-state index >= 15 is 0 Å². The maximum atomic E-state index is 12.4. The van der Waals surface area contributed by atoms with E-state index in [4.69, 9.17) is 10.00 Å². The fraction of sp³-hybridized carbons (Fsp3) is 0.579. The lowest BCUT2D eigenvalue weighted by atomic mass is 9.73. The van der Waals surface area contributed by atoms with Crippen LogP contribution in [0.15, 0.2) is 18.2 Å². The number of hydrogen-bond donors (Lipinski definition) is 1. The molecule has 0 bridgehead atoms. The van der Waals surface area contributed by atoms with E-state index in [2.05, 4.69) is 25.2 Å². The molecule has 2 saturated heterocycles. The van der Waals surface area contributed by atoms with Gasteiger partial charge in [0.2, 0.25) is 0 Å². The Hall–Kier alpha value is -2.06. The van der Waals surface area contributed by atoms with E-state index in [1.54, 1.807) is 12.1 Å². The molecule has 1 aromatic carbocycles. The number of likely N-dealkylation sites (tertiary alicyclic amines) is 1. The summed E-state index contributed by atoms with van der Waals surface area (Å²) >= 11 is 0. The minimum atomic E-state index is 0.0520. The largest absolute Gasteiger partial charge is 0.483 e. The average Bonchev–Trinajstić information content (AvgIpc) is 2.58. The van der Waals surface area contributed by atoms with Gasteiger partial charge < -0.3 is 15.0 Å². The van der Waals surface area contributed by atoms with Gasteiger partial charge in [0.05, 0.1) is 11.6 Å². The molecule has 5 heteroatoms. The van der Waals surface area contributed by atoms with Gasteiger partial charge >= 0.3 is 0 Å². The predicted molar refractivity (Wildman–Crippen MR) is 91.9 cm³/mol. The topological polar surface area (TPSA) is 65.4 Å². The molecular weight excluding hydrogens is 302 g/mol. The summed E-state index contributed by atoms with van der Waals surface area (Å²) in [5.74, 6) is 0.995. The third-order valence-electron chi connectivity index (χ3n) is 5.29. The maximum Gasteiger partial charge on any atom is 0.260 e. The SMILES string of the molecule is CC(C)c1cc(C#N)ccc1OCC(=O)N1CCC2(CC1)CNC2. The zero-order valence-electron chi connectivity index (χ0n) is 14.5. The van der Waals surface area contributed by atoms with Crippen LogP contribution in [0.2, 0.25) is 0 Å². The van der Waals surface area contributed by atoms with E-state index in [1.807, 2.05) is 11.0 Å². The molecule has 0 atom stereocenters. The molecule has 2 heterocycles. The van der Waals surface area contributed by atoms with Crippen LogP contribution in [-0.4, -0.2) is 43.6 Å². The molecule has 0 unspecified atom stereocenters. The van der Waals surface area contributed by atoms with Crippen molar-refractivity contribution in [3.8, 4) is 11.8 Å². The van der Waals surface area contributed by atoms with Crippen LogP contribution in [0.25, 0.3) is 0 Å². The van der Waals surface area contributed by atoms with Gasteiger partial charge in [-0.25, -0.2) is 0 Å². The van der Waals surface area contributed by atoms with Crippen LogP contribution in [-0.2, 0) is 4.79 Å². The fourth-order valence-corrected chi connectivity index (χ4v) is 3.49. The first-order chi connectivity index (χ1) is 11.5. The highest BCUT2D eigenvalue weighted by molar-refractivity contribution is 5.78. The van der Waals surface area contributed by atoms with Crippen LogP contribution in [0.5, 0.6) is 5.75 Å². The first kappa shape index (κ1) is 16.8. The van der Waals surface area contributed by atoms with Crippen molar-refractivity contribution < 1.29 is 9.53 Å². The smallest absolute Gasteiger partial charge is 0.260 e. The van der Waals surface area contributed by atoms with Crippen molar-refractivity contribution >= 4 is 5.91 Å². The van der Waals surface area contributed by atoms with Crippen LogP contribution in [0.3, 0.4) is 0 Å². The Kier molecular flexibility index (Phi) is 4.77. The second-order valence-electron chi connectivity index (χ2n) is 7.29. The average molecular weight is 327 g/mol. The molecular formula is C19H25N3O2. The number of amides is 1. The number of nitrogens with zero attached hydrogens (tertiary/aromatic N) is 2. The van der Waals surface area contributed by atoms with Crippen molar-refractivity contribution in [3.05, 3.63) is 29.3 Å². The summed E-state index contributed by atoms with van der Waals surface area (Å²) in [6, 6.07) is 7.53. The second kappa shape index (κ2) is 6.82. The standard InChI is InChI=1S/C19H25N3O2/c1-14(2)16-9-15(10-20)3-4-17(16)24-11-18(23)22-7-5-19(6-8-22)12-21-13-19/h3-4,9,14,21H,5-8,11-13H2,1-2H3. The van der Waals surface area contributed by atoms with Crippen molar-refractivity contribution in [1.29, 1.82) is 5.26 Å². The Morgan fingerprint density at radius 2 is 2.08 bits per heavy atom. The number of hydrogen-bond acceptors (Lipinski definition) is 4. The second-order valence-corrected chi connectivity index (χ2v) is 7.29. The molecule has 1 aromatic rings. The number of ether oxygens (including phenoxy) is 1. The molecule has 24 heavy (non-hydrogen) atoms. The van der Waals surface area contributed by atoms with Crippen molar-refractivity contribution in [2.24, 2.45) is 5.41 Å². The van der Waals surface area contributed by atoms with Crippen molar-refractivity contribution in [3.63, 3.8) is 0 Å². The lowest BCUT2D eigenvalue weighted by Crippen LogP contribution is -2.59. The van der Waals surface area contributed by atoms with Crippen molar-refractivity contribution in [2.75, 3.05) is 32.8 Å². The van der Waals surface area contributed by atoms with E-state index in [1.165, 1.54) is 0 Å². The predicted octanol–water partition coefficient (Wildman–Crippen LogP) is 2.27. The normalized spacial score (nSPS) is 19.0. The number of rotatable bonds is 4. The molecule has 0 radical (unpaired) electrons. The quantitative estimate of drug-likeness (QED) is 0.921. The molecule has 0 aliphatic carbocycles.